The lowest BCUT2D eigenvalue weighted by Crippen LogP contribution is -2.40. The monoisotopic (exact) mass is 329 g/mol. The lowest BCUT2D eigenvalue weighted by atomic mass is 9.93. The largest absolute Gasteiger partial charge is 0.451 e. The first kappa shape index (κ1) is 14.8. The van der Waals surface area contributed by atoms with Gasteiger partial charge >= 0.3 is 0 Å². The Morgan fingerprint density at radius 2 is 1.91 bits per heavy atom. The second-order valence-corrected chi connectivity index (χ2v) is 7.04. The van der Waals surface area contributed by atoms with E-state index in [4.69, 9.17) is 16.0 Å². The molecule has 4 heteroatoms. The van der Waals surface area contributed by atoms with Crippen LogP contribution in [0.25, 0.3) is 11.3 Å². The summed E-state index contributed by atoms with van der Waals surface area (Å²) in [5.41, 5.74) is 0.822. The SMILES string of the molecule is O=C(c1ccc(-c2ccccc2Cl)o1)N1CCCC(C2CC2)C1. The van der Waals surface area contributed by atoms with Crippen molar-refractivity contribution in [1.82, 2.24) is 4.90 Å². The van der Waals surface area contributed by atoms with E-state index in [2.05, 4.69) is 0 Å². The van der Waals surface area contributed by atoms with Crippen molar-refractivity contribution in [3.8, 4) is 11.3 Å². The molecule has 1 aromatic carbocycles. The molecule has 2 aromatic rings. The van der Waals surface area contributed by atoms with Crippen LogP contribution in [0.15, 0.2) is 40.8 Å². The van der Waals surface area contributed by atoms with E-state index in [1.165, 1.54) is 19.3 Å². The zero-order valence-electron chi connectivity index (χ0n) is 13.0. The molecule has 4 rings (SSSR count). The molecule has 2 aliphatic rings. The predicted octanol–water partition coefficient (Wildman–Crippen LogP) is 4.86. The highest BCUT2D eigenvalue weighted by Gasteiger charge is 2.36. The van der Waals surface area contributed by atoms with E-state index in [0.717, 1.165) is 31.0 Å². The molecule has 1 saturated heterocycles. The number of nitrogens with zero attached hydrogens (tertiary/aromatic N) is 1. The van der Waals surface area contributed by atoms with Gasteiger partial charge in [0.05, 0.1) is 5.02 Å². The number of furan rings is 1. The van der Waals surface area contributed by atoms with Crippen LogP contribution >= 0.6 is 11.6 Å². The molecule has 1 unspecified atom stereocenters. The maximum atomic E-state index is 12.7. The Kier molecular flexibility index (Phi) is 3.90. The van der Waals surface area contributed by atoms with Crippen molar-refractivity contribution in [2.24, 2.45) is 11.8 Å². The maximum absolute atomic E-state index is 12.7. The number of likely N-dealkylation sites (tertiary alicyclic amines) is 1. The fourth-order valence-corrected chi connectivity index (χ4v) is 3.79. The molecule has 0 N–H and O–H groups in total. The first-order valence-electron chi connectivity index (χ1n) is 8.36. The summed E-state index contributed by atoms with van der Waals surface area (Å²) in [6.07, 6.45) is 5.04. The van der Waals surface area contributed by atoms with E-state index in [1.54, 1.807) is 6.07 Å². The van der Waals surface area contributed by atoms with Crippen molar-refractivity contribution < 1.29 is 9.21 Å². The third kappa shape index (κ3) is 3.02. The quantitative estimate of drug-likeness (QED) is 0.805. The minimum Gasteiger partial charge on any atom is -0.451 e. The van der Waals surface area contributed by atoms with Crippen molar-refractivity contribution in [3.63, 3.8) is 0 Å². The minimum absolute atomic E-state index is 0.00801. The summed E-state index contributed by atoms with van der Waals surface area (Å²) >= 11 is 6.20. The second-order valence-electron chi connectivity index (χ2n) is 6.63. The number of rotatable bonds is 3. The van der Waals surface area contributed by atoms with Crippen LogP contribution in [0.5, 0.6) is 0 Å². The van der Waals surface area contributed by atoms with Gasteiger partial charge in [-0.1, -0.05) is 23.7 Å². The van der Waals surface area contributed by atoms with Gasteiger partial charge in [0.15, 0.2) is 5.76 Å². The van der Waals surface area contributed by atoms with Crippen LogP contribution in [-0.2, 0) is 0 Å². The normalized spacial score (nSPS) is 21.4. The Balaban J connectivity index is 1.52. The van der Waals surface area contributed by atoms with Gasteiger partial charge in [0.2, 0.25) is 0 Å². The molecule has 120 valence electrons. The number of carbonyl (C=O) groups is 1. The molecular formula is C19H20ClNO2. The van der Waals surface area contributed by atoms with Gasteiger partial charge in [0.1, 0.15) is 5.76 Å². The fourth-order valence-electron chi connectivity index (χ4n) is 3.56. The Bertz CT molecular complexity index is 720. The standard InChI is InChI=1S/C19H20ClNO2/c20-16-6-2-1-5-15(16)17-9-10-18(23-17)19(22)21-11-3-4-14(12-21)13-7-8-13/h1-2,5-6,9-10,13-14H,3-4,7-8,11-12H2. The molecule has 23 heavy (non-hydrogen) atoms. The molecule has 0 radical (unpaired) electrons. The van der Waals surface area contributed by atoms with E-state index in [-0.39, 0.29) is 5.91 Å². The Hall–Kier alpha value is -1.74. The van der Waals surface area contributed by atoms with Gasteiger partial charge in [-0.15, -0.1) is 0 Å². The molecule has 1 aliphatic carbocycles. The molecule has 2 fully saturated rings. The van der Waals surface area contributed by atoms with E-state index >= 15 is 0 Å². The lowest BCUT2D eigenvalue weighted by Gasteiger charge is -2.32. The molecule has 1 aromatic heterocycles. The summed E-state index contributed by atoms with van der Waals surface area (Å²) in [5.74, 6) is 2.60. The van der Waals surface area contributed by atoms with Crippen LogP contribution in [-0.4, -0.2) is 23.9 Å². The number of carbonyl (C=O) groups excluding carboxylic acids is 1. The summed E-state index contributed by atoms with van der Waals surface area (Å²) in [6, 6.07) is 11.1. The van der Waals surface area contributed by atoms with Gasteiger partial charge in [-0.3, -0.25) is 4.79 Å². The van der Waals surface area contributed by atoms with E-state index in [0.29, 0.717) is 22.5 Å². The molecule has 1 saturated carbocycles. The highest BCUT2D eigenvalue weighted by atomic mass is 35.5. The van der Waals surface area contributed by atoms with Gasteiger partial charge in [-0.05, 0) is 61.8 Å². The maximum Gasteiger partial charge on any atom is 0.289 e. The molecule has 0 bridgehead atoms. The fraction of sp³-hybridized carbons (Fsp3) is 0.421. The van der Waals surface area contributed by atoms with E-state index in [1.807, 2.05) is 35.2 Å². The number of halogens is 1. The summed E-state index contributed by atoms with van der Waals surface area (Å²) < 4.78 is 5.80. The highest BCUT2D eigenvalue weighted by Crippen LogP contribution is 2.41. The van der Waals surface area contributed by atoms with Crippen molar-refractivity contribution in [2.45, 2.75) is 25.7 Å². The average molecular weight is 330 g/mol. The van der Waals surface area contributed by atoms with E-state index < -0.39 is 0 Å². The predicted molar refractivity (Wildman–Crippen MR) is 90.5 cm³/mol. The smallest absolute Gasteiger partial charge is 0.289 e. The molecule has 1 atom stereocenters. The molecule has 3 nitrogen and oxygen atoms in total. The van der Waals surface area contributed by atoms with Gasteiger partial charge in [0.25, 0.3) is 5.91 Å². The summed E-state index contributed by atoms with van der Waals surface area (Å²) in [5, 5.41) is 0.632. The molecule has 1 amide bonds. The van der Waals surface area contributed by atoms with Crippen LogP contribution in [0.4, 0.5) is 0 Å². The third-order valence-electron chi connectivity index (χ3n) is 4.99. The van der Waals surface area contributed by atoms with Gasteiger partial charge in [0, 0.05) is 18.7 Å². The van der Waals surface area contributed by atoms with Gasteiger partial charge < -0.3 is 9.32 Å². The van der Waals surface area contributed by atoms with Crippen LogP contribution in [0.3, 0.4) is 0 Å². The summed E-state index contributed by atoms with van der Waals surface area (Å²) in [7, 11) is 0. The number of benzene rings is 1. The van der Waals surface area contributed by atoms with Crippen LogP contribution < -0.4 is 0 Å². The highest BCUT2D eigenvalue weighted by molar-refractivity contribution is 6.33. The number of hydrogen-bond acceptors (Lipinski definition) is 2. The van der Waals surface area contributed by atoms with Crippen molar-refractivity contribution in [3.05, 3.63) is 47.2 Å². The molecule has 0 spiro atoms. The molecular weight excluding hydrogens is 310 g/mol. The second kappa shape index (κ2) is 6.04. The van der Waals surface area contributed by atoms with Gasteiger partial charge in [-0.25, -0.2) is 0 Å². The van der Waals surface area contributed by atoms with E-state index in [9.17, 15) is 4.79 Å². The van der Waals surface area contributed by atoms with Crippen LogP contribution in [0.2, 0.25) is 5.02 Å². The average Bonchev–Trinajstić information content (AvgIpc) is 3.32. The Morgan fingerprint density at radius 3 is 2.70 bits per heavy atom. The summed E-state index contributed by atoms with van der Waals surface area (Å²) in [6.45, 7) is 1.72. The van der Waals surface area contributed by atoms with Crippen molar-refractivity contribution in [2.75, 3.05) is 13.1 Å². The van der Waals surface area contributed by atoms with Crippen LogP contribution in [0.1, 0.15) is 36.2 Å². The first-order valence-corrected chi connectivity index (χ1v) is 8.74. The lowest BCUT2D eigenvalue weighted by molar-refractivity contribution is 0.0629. The minimum atomic E-state index is 0.00801. The number of hydrogen-bond donors (Lipinski definition) is 0. The molecule has 2 heterocycles. The van der Waals surface area contributed by atoms with Crippen molar-refractivity contribution in [1.29, 1.82) is 0 Å². The van der Waals surface area contributed by atoms with Crippen molar-refractivity contribution >= 4 is 17.5 Å². The summed E-state index contributed by atoms with van der Waals surface area (Å²) in [4.78, 5) is 14.7. The molecule has 1 aliphatic heterocycles. The number of piperidine rings is 1. The Morgan fingerprint density at radius 1 is 1.09 bits per heavy atom. The zero-order valence-corrected chi connectivity index (χ0v) is 13.8. The topological polar surface area (TPSA) is 33.5 Å². The Labute approximate surface area is 141 Å². The zero-order chi connectivity index (χ0) is 15.8. The van der Waals surface area contributed by atoms with Gasteiger partial charge in [-0.2, -0.15) is 0 Å². The van der Waals surface area contributed by atoms with Crippen LogP contribution in [0, 0.1) is 11.8 Å². The first-order chi connectivity index (χ1) is 11.2. The third-order valence-corrected chi connectivity index (χ3v) is 5.32. The number of amides is 1.